The van der Waals surface area contributed by atoms with Crippen LogP contribution in [0, 0.1) is 0 Å². The maximum absolute atomic E-state index is 12.8. The maximum atomic E-state index is 12.8. The number of fused-ring (bicyclic) bond motifs is 1. The number of rotatable bonds is 8. The number of hydrogen-bond acceptors (Lipinski definition) is 4. The maximum Gasteiger partial charge on any atom is 0.222 e. The fourth-order valence-corrected chi connectivity index (χ4v) is 4.22. The van der Waals surface area contributed by atoms with Gasteiger partial charge in [-0.1, -0.05) is 72.2 Å². The zero-order valence-corrected chi connectivity index (χ0v) is 17.3. The standard InChI is InChI=1S/C25H29N3O2/c26-16-9-3-8-14-23(29)28-17-15-22-21(18-28)25(27-30-22)24(19-10-4-1-5-11-19)20-12-6-2-7-13-20/h1-2,4-7,10-13,24H,3,8-9,14-18,26H2. The van der Waals surface area contributed by atoms with E-state index in [2.05, 4.69) is 53.7 Å². The minimum Gasteiger partial charge on any atom is -0.361 e. The van der Waals surface area contributed by atoms with Crippen LogP contribution in [0.2, 0.25) is 0 Å². The Morgan fingerprint density at radius 1 is 1.00 bits per heavy atom. The molecule has 1 amide bonds. The number of aromatic nitrogens is 1. The van der Waals surface area contributed by atoms with Gasteiger partial charge in [0, 0.05) is 24.9 Å². The third-order valence-electron chi connectivity index (χ3n) is 5.84. The molecule has 0 fully saturated rings. The minimum absolute atomic E-state index is 0.0143. The number of carbonyl (C=O) groups excluding carboxylic acids is 1. The third kappa shape index (κ3) is 4.46. The predicted octanol–water partition coefficient (Wildman–Crippen LogP) is 4.26. The van der Waals surface area contributed by atoms with Gasteiger partial charge in [-0.2, -0.15) is 0 Å². The summed E-state index contributed by atoms with van der Waals surface area (Å²) in [5.74, 6) is 1.11. The molecule has 2 heterocycles. The van der Waals surface area contributed by atoms with Crippen LogP contribution in [0.15, 0.2) is 65.2 Å². The van der Waals surface area contributed by atoms with Gasteiger partial charge in [0.25, 0.3) is 0 Å². The lowest BCUT2D eigenvalue weighted by Crippen LogP contribution is -2.36. The lowest BCUT2D eigenvalue weighted by Gasteiger charge is -2.27. The molecule has 2 N–H and O–H groups in total. The second-order valence-corrected chi connectivity index (χ2v) is 7.89. The zero-order chi connectivity index (χ0) is 20.8. The highest BCUT2D eigenvalue weighted by molar-refractivity contribution is 5.76. The summed E-state index contributed by atoms with van der Waals surface area (Å²) < 4.78 is 5.75. The minimum atomic E-state index is -0.0143. The zero-order valence-electron chi connectivity index (χ0n) is 17.3. The van der Waals surface area contributed by atoms with Crippen LogP contribution in [0.1, 0.15) is 59.7 Å². The van der Waals surface area contributed by atoms with Crippen molar-refractivity contribution >= 4 is 5.91 Å². The Labute approximate surface area is 177 Å². The Hall–Kier alpha value is -2.92. The molecule has 30 heavy (non-hydrogen) atoms. The second kappa shape index (κ2) is 9.72. The number of hydrogen-bond donors (Lipinski definition) is 1. The summed E-state index contributed by atoms with van der Waals surface area (Å²) in [5.41, 5.74) is 9.88. The van der Waals surface area contributed by atoms with E-state index in [9.17, 15) is 4.79 Å². The van der Waals surface area contributed by atoms with E-state index in [-0.39, 0.29) is 11.8 Å². The van der Waals surface area contributed by atoms with E-state index < -0.39 is 0 Å². The van der Waals surface area contributed by atoms with E-state index in [1.807, 2.05) is 17.0 Å². The number of benzene rings is 2. The highest BCUT2D eigenvalue weighted by Gasteiger charge is 2.31. The highest BCUT2D eigenvalue weighted by atomic mass is 16.5. The van der Waals surface area contributed by atoms with Gasteiger partial charge in [0.15, 0.2) is 0 Å². The van der Waals surface area contributed by atoms with Crippen molar-refractivity contribution in [1.29, 1.82) is 0 Å². The number of carbonyl (C=O) groups is 1. The first-order valence-corrected chi connectivity index (χ1v) is 10.8. The summed E-state index contributed by atoms with van der Waals surface area (Å²) in [7, 11) is 0. The van der Waals surface area contributed by atoms with Crippen molar-refractivity contribution in [3.05, 3.63) is 88.8 Å². The predicted molar refractivity (Wildman–Crippen MR) is 117 cm³/mol. The molecule has 0 spiro atoms. The van der Waals surface area contributed by atoms with Crippen LogP contribution in [-0.2, 0) is 17.8 Å². The Balaban J connectivity index is 1.60. The van der Waals surface area contributed by atoms with E-state index >= 15 is 0 Å². The van der Waals surface area contributed by atoms with Gasteiger partial charge in [-0.25, -0.2) is 0 Å². The Kier molecular flexibility index (Phi) is 6.60. The van der Waals surface area contributed by atoms with Gasteiger partial charge in [0.2, 0.25) is 5.91 Å². The molecule has 4 rings (SSSR count). The van der Waals surface area contributed by atoms with Crippen LogP contribution >= 0.6 is 0 Å². The molecule has 0 bridgehead atoms. The molecule has 0 radical (unpaired) electrons. The van der Waals surface area contributed by atoms with Crippen LogP contribution in [-0.4, -0.2) is 29.1 Å². The molecular formula is C25H29N3O2. The summed E-state index contributed by atoms with van der Waals surface area (Å²) in [6.45, 7) is 1.95. The van der Waals surface area contributed by atoms with Crippen molar-refractivity contribution in [2.75, 3.05) is 13.1 Å². The Morgan fingerprint density at radius 3 is 2.30 bits per heavy atom. The van der Waals surface area contributed by atoms with E-state index in [0.717, 1.165) is 36.3 Å². The topological polar surface area (TPSA) is 72.4 Å². The molecular weight excluding hydrogens is 374 g/mol. The van der Waals surface area contributed by atoms with Gasteiger partial charge in [-0.05, 0) is 30.5 Å². The van der Waals surface area contributed by atoms with Gasteiger partial charge in [0.1, 0.15) is 11.5 Å². The monoisotopic (exact) mass is 403 g/mol. The molecule has 2 aromatic carbocycles. The Morgan fingerprint density at radius 2 is 1.67 bits per heavy atom. The van der Waals surface area contributed by atoms with Gasteiger partial charge in [-0.3, -0.25) is 4.79 Å². The molecule has 5 nitrogen and oxygen atoms in total. The van der Waals surface area contributed by atoms with Crippen LogP contribution in [0.3, 0.4) is 0 Å². The summed E-state index contributed by atoms with van der Waals surface area (Å²) in [5, 5.41) is 4.50. The normalized spacial score (nSPS) is 13.5. The molecule has 0 aliphatic carbocycles. The number of amides is 1. The highest BCUT2D eigenvalue weighted by Crippen LogP contribution is 2.36. The lowest BCUT2D eigenvalue weighted by molar-refractivity contribution is -0.132. The molecule has 0 saturated heterocycles. The van der Waals surface area contributed by atoms with E-state index in [1.165, 1.54) is 11.1 Å². The van der Waals surface area contributed by atoms with Gasteiger partial charge in [-0.15, -0.1) is 0 Å². The van der Waals surface area contributed by atoms with Crippen molar-refractivity contribution in [1.82, 2.24) is 10.1 Å². The molecule has 1 aliphatic heterocycles. The van der Waals surface area contributed by atoms with E-state index in [0.29, 0.717) is 32.5 Å². The van der Waals surface area contributed by atoms with Gasteiger partial charge < -0.3 is 15.2 Å². The molecule has 1 aromatic heterocycles. The Bertz CT molecular complexity index is 914. The molecule has 1 aliphatic rings. The smallest absolute Gasteiger partial charge is 0.222 e. The molecule has 0 saturated carbocycles. The van der Waals surface area contributed by atoms with Crippen LogP contribution < -0.4 is 5.73 Å². The molecule has 3 aromatic rings. The van der Waals surface area contributed by atoms with Crippen LogP contribution in [0.25, 0.3) is 0 Å². The number of nitrogens with two attached hydrogens (primary N) is 1. The van der Waals surface area contributed by atoms with Crippen LogP contribution in [0.5, 0.6) is 0 Å². The summed E-state index contributed by atoms with van der Waals surface area (Å²) >= 11 is 0. The fourth-order valence-electron chi connectivity index (χ4n) is 4.22. The molecule has 0 unspecified atom stereocenters. The third-order valence-corrected chi connectivity index (χ3v) is 5.84. The molecule has 156 valence electrons. The van der Waals surface area contributed by atoms with Gasteiger partial charge >= 0.3 is 0 Å². The number of unbranched alkanes of at least 4 members (excludes halogenated alkanes) is 2. The van der Waals surface area contributed by atoms with E-state index in [1.54, 1.807) is 0 Å². The summed E-state index contributed by atoms with van der Waals surface area (Å²) in [6.07, 6.45) is 4.17. The van der Waals surface area contributed by atoms with E-state index in [4.69, 9.17) is 10.3 Å². The first kappa shape index (κ1) is 20.4. The van der Waals surface area contributed by atoms with Crippen molar-refractivity contribution in [3.8, 4) is 0 Å². The van der Waals surface area contributed by atoms with Crippen molar-refractivity contribution in [2.24, 2.45) is 5.73 Å². The largest absolute Gasteiger partial charge is 0.361 e. The molecule has 5 heteroatoms. The summed E-state index contributed by atoms with van der Waals surface area (Å²) in [4.78, 5) is 14.7. The van der Waals surface area contributed by atoms with Crippen molar-refractivity contribution in [2.45, 2.75) is 44.6 Å². The average Bonchev–Trinajstić information content (AvgIpc) is 3.21. The average molecular weight is 404 g/mol. The summed E-state index contributed by atoms with van der Waals surface area (Å²) in [6, 6.07) is 20.8. The molecule has 0 atom stereocenters. The van der Waals surface area contributed by atoms with Gasteiger partial charge in [0.05, 0.1) is 12.5 Å². The fraction of sp³-hybridized carbons (Fsp3) is 0.360. The quantitative estimate of drug-likeness (QED) is 0.571. The second-order valence-electron chi connectivity index (χ2n) is 7.89. The first-order chi connectivity index (χ1) is 14.8. The van der Waals surface area contributed by atoms with Crippen LogP contribution in [0.4, 0.5) is 0 Å². The first-order valence-electron chi connectivity index (χ1n) is 10.8. The lowest BCUT2D eigenvalue weighted by atomic mass is 9.85. The van der Waals surface area contributed by atoms with Crippen molar-refractivity contribution in [3.63, 3.8) is 0 Å². The van der Waals surface area contributed by atoms with Crippen molar-refractivity contribution < 1.29 is 9.32 Å². The number of nitrogens with zero attached hydrogens (tertiary/aromatic N) is 2. The SMILES string of the molecule is NCCCCCC(=O)N1CCc2onc(C(c3ccccc3)c3ccccc3)c2C1.